The van der Waals surface area contributed by atoms with Crippen molar-refractivity contribution in [1.82, 2.24) is 0 Å². The van der Waals surface area contributed by atoms with Gasteiger partial charge >= 0.3 is 0 Å². The van der Waals surface area contributed by atoms with Crippen LogP contribution in [0.5, 0.6) is 0 Å². The second kappa shape index (κ2) is 5.12. The Bertz CT molecular complexity index is 389. The maximum Gasteiger partial charge on any atom is 0.239 e. The molecule has 0 saturated carbocycles. The van der Waals surface area contributed by atoms with Crippen molar-refractivity contribution in [2.75, 3.05) is 5.32 Å². The van der Waals surface area contributed by atoms with Crippen LogP contribution in [-0.2, 0) is 4.79 Å². The lowest BCUT2D eigenvalue weighted by Crippen LogP contribution is -2.35. The molecule has 3 N–H and O–H groups in total. The van der Waals surface area contributed by atoms with Crippen LogP contribution >= 0.6 is 11.6 Å². The van der Waals surface area contributed by atoms with E-state index in [9.17, 15) is 13.6 Å². The molecule has 0 aliphatic carbocycles. The molecule has 1 aromatic rings. The molecule has 1 atom stereocenters. The number of nitrogens with one attached hydrogen (secondary N) is 1. The summed E-state index contributed by atoms with van der Waals surface area (Å²) in [6, 6.07) is 0.903. The first-order valence-corrected chi connectivity index (χ1v) is 5.04. The largest absolute Gasteiger partial charge is 0.370 e. The molecule has 0 saturated heterocycles. The minimum Gasteiger partial charge on any atom is -0.370 e. The highest BCUT2D eigenvalue weighted by molar-refractivity contribution is 6.33. The Hall–Kier alpha value is -1.36. The summed E-state index contributed by atoms with van der Waals surface area (Å²) in [6.07, 6.45) is 0.377. The Morgan fingerprint density at radius 1 is 1.56 bits per heavy atom. The number of benzene rings is 1. The van der Waals surface area contributed by atoms with Gasteiger partial charge in [0, 0.05) is 6.07 Å². The van der Waals surface area contributed by atoms with E-state index in [-0.39, 0.29) is 10.7 Å². The van der Waals surface area contributed by atoms with E-state index in [1.807, 2.05) is 0 Å². The van der Waals surface area contributed by atoms with Crippen LogP contribution in [0.4, 0.5) is 14.5 Å². The first-order chi connectivity index (χ1) is 7.45. The average Bonchev–Trinajstić information content (AvgIpc) is 2.15. The number of hydrogen-bond donors (Lipinski definition) is 2. The van der Waals surface area contributed by atoms with Crippen LogP contribution in [-0.4, -0.2) is 11.9 Å². The van der Waals surface area contributed by atoms with Crippen LogP contribution in [0.3, 0.4) is 0 Å². The van der Waals surface area contributed by atoms with Crippen molar-refractivity contribution >= 4 is 23.2 Å². The van der Waals surface area contributed by atoms with Gasteiger partial charge in [0.2, 0.25) is 5.91 Å². The second-order valence-corrected chi connectivity index (χ2v) is 3.66. The summed E-state index contributed by atoms with van der Waals surface area (Å²) in [5.74, 6) is -2.26. The number of carbonyl (C=O) groups is 1. The molecule has 88 valence electrons. The summed E-state index contributed by atoms with van der Waals surface area (Å²) in [7, 11) is 0. The highest BCUT2D eigenvalue weighted by atomic mass is 35.5. The van der Waals surface area contributed by atoms with E-state index in [1.54, 1.807) is 6.92 Å². The van der Waals surface area contributed by atoms with Crippen LogP contribution in [0.1, 0.15) is 13.3 Å². The third kappa shape index (κ3) is 2.82. The Labute approximate surface area is 96.6 Å². The predicted molar refractivity (Wildman–Crippen MR) is 58.3 cm³/mol. The van der Waals surface area contributed by atoms with E-state index in [1.165, 1.54) is 0 Å². The van der Waals surface area contributed by atoms with Gasteiger partial charge in [-0.05, 0) is 12.5 Å². The van der Waals surface area contributed by atoms with Crippen LogP contribution in [0, 0.1) is 11.6 Å². The molecular formula is C10H11ClF2N2O. The summed E-state index contributed by atoms with van der Waals surface area (Å²) >= 11 is 5.65. The summed E-state index contributed by atoms with van der Waals surface area (Å²) in [5, 5.41) is 2.42. The quantitative estimate of drug-likeness (QED) is 0.859. The molecule has 3 nitrogen and oxygen atoms in total. The van der Waals surface area contributed by atoms with E-state index in [4.69, 9.17) is 17.3 Å². The fraction of sp³-hybridized carbons (Fsp3) is 0.300. The summed E-state index contributed by atoms with van der Waals surface area (Å²) < 4.78 is 26.1. The summed E-state index contributed by atoms with van der Waals surface area (Å²) in [6.45, 7) is 1.71. The molecule has 0 aliphatic heterocycles. The Kier molecular flexibility index (Phi) is 4.06. The van der Waals surface area contributed by atoms with Gasteiger partial charge in [-0.15, -0.1) is 0 Å². The number of halogens is 3. The van der Waals surface area contributed by atoms with Crippen molar-refractivity contribution in [2.45, 2.75) is 19.4 Å². The normalized spacial score (nSPS) is 12.2. The first-order valence-electron chi connectivity index (χ1n) is 4.66. The number of nitrogens with two attached hydrogens (primary N) is 1. The third-order valence-corrected chi connectivity index (χ3v) is 2.38. The van der Waals surface area contributed by atoms with E-state index in [2.05, 4.69) is 5.32 Å². The van der Waals surface area contributed by atoms with Crippen molar-refractivity contribution in [2.24, 2.45) is 5.73 Å². The Morgan fingerprint density at radius 3 is 2.62 bits per heavy atom. The van der Waals surface area contributed by atoms with E-state index in [0.717, 1.165) is 6.07 Å². The van der Waals surface area contributed by atoms with Gasteiger partial charge in [-0.25, -0.2) is 8.78 Å². The number of carbonyl (C=O) groups excluding carboxylic acids is 1. The average molecular weight is 249 g/mol. The molecule has 0 heterocycles. The van der Waals surface area contributed by atoms with Gasteiger partial charge in [0.1, 0.15) is 11.9 Å². The molecule has 1 unspecified atom stereocenters. The number of hydrogen-bond acceptors (Lipinski definition) is 2. The molecule has 0 bridgehead atoms. The van der Waals surface area contributed by atoms with Crippen molar-refractivity contribution in [1.29, 1.82) is 0 Å². The van der Waals surface area contributed by atoms with Gasteiger partial charge in [0.25, 0.3) is 0 Å². The van der Waals surface area contributed by atoms with Crippen molar-refractivity contribution < 1.29 is 13.6 Å². The zero-order valence-corrected chi connectivity index (χ0v) is 9.31. The highest BCUT2D eigenvalue weighted by Gasteiger charge is 2.17. The standard InChI is InChI=1S/C10H11ClF2N2O/c1-2-8(10(14)16)15-9-6(11)3-5(12)4-7(9)13/h3-4,8,15H,2H2,1H3,(H2,14,16). The number of rotatable bonds is 4. The number of anilines is 1. The van der Waals surface area contributed by atoms with Gasteiger partial charge in [-0.2, -0.15) is 0 Å². The second-order valence-electron chi connectivity index (χ2n) is 3.25. The molecule has 16 heavy (non-hydrogen) atoms. The SMILES string of the molecule is CCC(Nc1c(F)cc(F)cc1Cl)C(N)=O. The first kappa shape index (κ1) is 12.7. The van der Waals surface area contributed by atoms with Crippen molar-refractivity contribution in [3.8, 4) is 0 Å². The number of primary amides is 1. The van der Waals surface area contributed by atoms with Crippen LogP contribution in [0.15, 0.2) is 12.1 Å². The fourth-order valence-electron chi connectivity index (χ4n) is 1.23. The molecule has 1 aromatic carbocycles. The van der Waals surface area contributed by atoms with Crippen LogP contribution in [0.25, 0.3) is 0 Å². The zero-order valence-electron chi connectivity index (χ0n) is 8.56. The minimum atomic E-state index is -0.857. The molecule has 1 amide bonds. The van der Waals surface area contributed by atoms with Crippen molar-refractivity contribution in [3.05, 3.63) is 28.8 Å². The Balaban J connectivity index is 3.01. The molecular weight excluding hydrogens is 238 g/mol. The fourth-order valence-corrected chi connectivity index (χ4v) is 1.48. The van der Waals surface area contributed by atoms with E-state index in [0.29, 0.717) is 12.5 Å². The van der Waals surface area contributed by atoms with Gasteiger partial charge in [0.05, 0.1) is 10.7 Å². The molecule has 0 fully saturated rings. The lowest BCUT2D eigenvalue weighted by atomic mass is 10.2. The topological polar surface area (TPSA) is 55.1 Å². The van der Waals surface area contributed by atoms with Gasteiger partial charge in [-0.1, -0.05) is 18.5 Å². The lowest BCUT2D eigenvalue weighted by molar-refractivity contribution is -0.118. The number of amides is 1. The molecule has 6 heteroatoms. The van der Waals surface area contributed by atoms with Gasteiger partial charge < -0.3 is 11.1 Å². The van der Waals surface area contributed by atoms with E-state index >= 15 is 0 Å². The maximum atomic E-state index is 13.3. The molecule has 0 aliphatic rings. The molecule has 1 rings (SSSR count). The summed E-state index contributed by atoms with van der Waals surface area (Å²) in [4.78, 5) is 10.9. The zero-order chi connectivity index (χ0) is 12.3. The van der Waals surface area contributed by atoms with Gasteiger partial charge in [0.15, 0.2) is 5.82 Å². The van der Waals surface area contributed by atoms with E-state index < -0.39 is 23.6 Å². The smallest absolute Gasteiger partial charge is 0.239 e. The monoisotopic (exact) mass is 248 g/mol. The van der Waals surface area contributed by atoms with Crippen molar-refractivity contribution in [3.63, 3.8) is 0 Å². The van der Waals surface area contributed by atoms with Crippen LogP contribution < -0.4 is 11.1 Å². The molecule has 0 radical (unpaired) electrons. The molecule has 0 spiro atoms. The molecule has 0 aromatic heterocycles. The highest BCUT2D eigenvalue weighted by Crippen LogP contribution is 2.27. The third-order valence-electron chi connectivity index (χ3n) is 2.08. The summed E-state index contributed by atoms with van der Waals surface area (Å²) in [5.41, 5.74) is 4.97. The van der Waals surface area contributed by atoms with Crippen LogP contribution in [0.2, 0.25) is 5.02 Å². The predicted octanol–water partition coefficient (Wildman–Crippen LogP) is 2.29. The lowest BCUT2D eigenvalue weighted by Gasteiger charge is -2.16. The minimum absolute atomic E-state index is 0.117. The Morgan fingerprint density at radius 2 is 2.19 bits per heavy atom. The van der Waals surface area contributed by atoms with Gasteiger partial charge in [-0.3, -0.25) is 4.79 Å². The maximum absolute atomic E-state index is 13.3.